The zero-order valence-corrected chi connectivity index (χ0v) is 12.0. The van der Waals surface area contributed by atoms with Crippen molar-refractivity contribution < 1.29 is 37.5 Å². The van der Waals surface area contributed by atoms with Crippen LogP contribution in [0.4, 0.5) is 0 Å². The van der Waals surface area contributed by atoms with Crippen LogP contribution in [0.3, 0.4) is 0 Å². The number of hydrogen-bond donors (Lipinski definition) is 1. The fourth-order valence-corrected chi connectivity index (χ4v) is 2.36. The van der Waals surface area contributed by atoms with Crippen LogP contribution in [0.2, 0.25) is 0 Å². The van der Waals surface area contributed by atoms with Gasteiger partial charge in [0.15, 0.2) is 0 Å². The maximum atomic E-state index is 10.7. The van der Waals surface area contributed by atoms with Gasteiger partial charge in [0.05, 0.1) is 12.6 Å². The van der Waals surface area contributed by atoms with Crippen LogP contribution in [0.5, 0.6) is 0 Å². The van der Waals surface area contributed by atoms with E-state index in [1.165, 1.54) is 25.9 Å². The first-order valence-electron chi connectivity index (χ1n) is 5.32. The van der Waals surface area contributed by atoms with Crippen LogP contribution in [0.15, 0.2) is 0 Å². The van der Waals surface area contributed by atoms with E-state index < -0.39 is 0 Å². The molecule has 1 radical (unpaired) electrons. The predicted octanol–water partition coefficient (Wildman–Crippen LogP) is -0.328. The molecule has 3 aliphatic rings. The molecule has 3 saturated heterocycles. The molecule has 1 amide bonds. The Kier molecular flexibility index (Phi) is 5.54. The van der Waals surface area contributed by atoms with E-state index in [0.29, 0.717) is 12.7 Å². The third kappa shape index (κ3) is 3.70. The number of nitrogens with one attached hydrogen (secondary N) is 1. The van der Waals surface area contributed by atoms with Crippen molar-refractivity contribution in [1.29, 1.82) is 0 Å². The van der Waals surface area contributed by atoms with E-state index in [9.17, 15) is 4.79 Å². The Morgan fingerprint density at radius 1 is 1.27 bits per heavy atom. The molecule has 2 bridgehead atoms. The van der Waals surface area contributed by atoms with Gasteiger partial charge in [-0.05, 0) is 25.9 Å². The zero-order chi connectivity index (χ0) is 9.97. The van der Waals surface area contributed by atoms with Gasteiger partial charge in [-0.15, -0.1) is 0 Å². The van der Waals surface area contributed by atoms with Crippen molar-refractivity contribution in [2.75, 3.05) is 32.8 Å². The largest absolute Gasteiger partial charge is 0.368 e. The summed E-state index contributed by atoms with van der Waals surface area (Å²) in [5.74, 6) is -0.177. The number of hydrogen-bond acceptors (Lipinski definition) is 3. The minimum absolute atomic E-state index is 0. The summed E-state index contributed by atoms with van der Waals surface area (Å²) in [6.07, 6.45) is 2.49. The molecule has 0 atom stereocenters. The normalized spacial score (nSPS) is 30.4. The molecule has 1 N–H and O–H groups in total. The molecule has 0 aliphatic carbocycles. The predicted molar refractivity (Wildman–Crippen MR) is 54.5 cm³/mol. The molecule has 3 fully saturated rings. The molecule has 0 saturated carbocycles. The zero-order valence-electron chi connectivity index (χ0n) is 9.11. The van der Waals surface area contributed by atoms with Crippen LogP contribution in [0, 0.1) is 6.92 Å². The Labute approximate surface area is 117 Å². The van der Waals surface area contributed by atoms with Crippen molar-refractivity contribution in [3.05, 3.63) is 6.92 Å². The van der Waals surface area contributed by atoms with Gasteiger partial charge in [0.25, 0.3) is 0 Å². The number of piperidine rings is 1. The summed E-state index contributed by atoms with van der Waals surface area (Å²) >= 11 is 0. The summed E-state index contributed by atoms with van der Waals surface area (Å²) in [7, 11) is 0. The van der Waals surface area contributed by atoms with Gasteiger partial charge in [0, 0.05) is 51.8 Å². The summed E-state index contributed by atoms with van der Waals surface area (Å²) < 4.78 is 0. The summed E-state index contributed by atoms with van der Waals surface area (Å²) in [6, 6.07) is 0.667. The molecule has 0 unspecified atom stereocenters. The molecule has 3 aliphatic heterocycles. The smallest absolute Gasteiger partial charge is 0.0807 e. The molecule has 83 valence electrons. The Balaban J connectivity index is 0.00000112. The number of amides is 1. The van der Waals surface area contributed by atoms with Crippen molar-refractivity contribution in [2.45, 2.75) is 18.9 Å². The van der Waals surface area contributed by atoms with Crippen molar-refractivity contribution in [3.63, 3.8) is 0 Å². The second-order valence-electron chi connectivity index (χ2n) is 4.14. The third-order valence-corrected chi connectivity index (χ3v) is 3.26. The van der Waals surface area contributed by atoms with Crippen LogP contribution in [0.25, 0.3) is 0 Å². The molecule has 0 spiro atoms. The fourth-order valence-electron chi connectivity index (χ4n) is 2.36. The first kappa shape index (κ1) is 13.4. The Morgan fingerprint density at radius 2 is 1.93 bits per heavy atom. The monoisotopic (exact) mass is 285 g/mol. The van der Waals surface area contributed by atoms with E-state index in [2.05, 4.69) is 22.0 Å². The fraction of sp³-hybridized carbons (Fsp3) is 0.800. The number of nitrogens with zero attached hydrogens (tertiary/aromatic N) is 2. The van der Waals surface area contributed by atoms with Gasteiger partial charge in [0.2, 0.25) is 0 Å². The maximum Gasteiger partial charge on any atom is 0.0807 e. The molecule has 0 aromatic carbocycles. The van der Waals surface area contributed by atoms with E-state index in [1.807, 2.05) is 0 Å². The molecule has 5 heteroatoms. The first-order chi connectivity index (χ1) is 6.75. The maximum absolute atomic E-state index is 10.7. The van der Waals surface area contributed by atoms with Gasteiger partial charge in [0.1, 0.15) is 0 Å². The summed E-state index contributed by atoms with van der Waals surface area (Å²) in [5.41, 5.74) is 0. The summed E-state index contributed by atoms with van der Waals surface area (Å²) in [6.45, 7) is 8.65. The van der Waals surface area contributed by atoms with Crippen LogP contribution in [-0.2, 0) is 37.5 Å². The SMILES string of the molecule is [CH2-]C(=O)NCN1CCN2CCC1CC2.[Y]. The average molecular weight is 285 g/mol. The number of carbonyl (C=O) groups is 1. The quantitative estimate of drug-likeness (QED) is 0.706. The van der Waals surface area contributed by atoms with Gasteiger partial charge in [-0.2, -0.15) is 0 Å². The molecule has 0 aromatic heterocycles. The van der Waals surface area contributed by atoms with Gasteiger partial charge in [-0.1, -0.05) is 0 Å². The van der Waals surface area contributed by atoms with E-state index in [0.717, 1.165) is 13.1 Å². The molecular formula is C10H18N3OY-. The van der Waals surface area contributed by atoms with Gasteiger partial charge in [-0.3, -0.25) is 4.90 Å². The first-order valence-corrected chi connectivity index (χ1v) is 5.32. The van der Waals surface area contributed by atoms with Crippen molar-refractivity contribution >= 4 is 5.91 Å². The standard InChI is InChI=1S/C10H18N3O.Y/c1-9(14)11-8-13-7-6-12-4-2-10(13)3-5-12;/h10H,1-8H2,(H,11,14);/q-1;. The van der Waals surface area contributed by atoms with Crippen LogP contribution < -0.4 is 5.32 Å². The Bertz CT molecular complexity index is 217. The second-order valence-corrected chi connectivity index (χ2v) is 4.14. The van der Waals surface area contributed by atoms with E-state index >= 15 is 0 Å². The second kappa shape index (κ2) is 6.19. The molecule has 4 nitrogen and oxygen atoms in total. The molecule has 3 heterocycles. The van der Waals surface area contributed by atoms with E-state index in [1.54, 1.807) is 0 Å². The Morgan fingerprint density at radius 3 is 2.53 bits per heavy atom. The molecule has 0 aromatic rings. The van der Waals surface area contributed by atoms with Crippen LogP contribution in [-0.4, -0.2) is 54.6 Å². The van der Waals surface area contributed by atoms with Gasteiger partial charge >= 0.3 is 0 Å². The number of fused-ring (bicyclic) bond motifs is 4. The van der Waals surface area contributed by atoms with Crippen molar-refractivity contribution in [3.8, 4) is 0 Å². The van der Waals surface area contributed by atoms with Crippen LogP contribution in [0.1, 0.15) is 12.8 Å². The Hall–Kier alpha value is 0.364. The molecule has 3 rings (SSSR count). The van der Waals surface area contributed by atoms with E-state index in [-0.39, 0.29) is 38.6 Å². The topological polar surface area (TPSA) is 35.6 Å². The summed E-state index contributed by atoms with van der Waals surface area (Å²) in [4.78, 5) is 15.6. The van der Waals surface area contributed by atoms with Gasteiger partial charge in [-0.25, -0.2) is 0 Å². The average Bonchev–Trinajstić information content (AvgIpc) is 2.47. The molecule has 15 heavy (non-hydrogen) atoms. The van der Waals surface area contributed by atoms with Gasteiger partial charge < -0.3 is 21.9 Å². The number of carbonyl (C=O) groups excluding carboxylic acids is 1. The summed E-state index contributed by atoms with van der Waals surface area (Å²) in [5, 5.41) is 2.78. The number of rotatable bonds is 2. The van der Waals surface area contributed by atoms with Crippen molar-refractivity contribution in [1.82, 2.24) is 15.1 Å². The minimum Gasteiger partial charge on any atom is -0.368 e. The molecular weight excluding hydrogens is 267 g/mol. The van der Waals surface area contributed by atoms with E-state index in [4.69, 9.17) is 0 Å². The minimum atomic E-state index is -0.177. The van der Waals surface area contributed by atoms with Crippen LogP contribution >= 0.6 is 0 Å². The van der Waals surface area contributed by atoms with Crippen molar-refractivity contribution in [2.24, 2.45) is 0 Å². The third-order valence-electron chi connectivity index (χ3n) is 3.26.